The molecule has 2 rings (SSSR count). The molecule has 0 amide bonds. The second kappa shape index (κ2) is 8.69. The first kappa shape index (κ1) is 15.9. The maximum absolute atomic E-state index is 12.0. The molecule has 0 spiro atoms. The van der Waals surface area contributed by atoms with Crippen LogP contribution in [0.15, 0.2) is 0 Å². The van der Waals surface area contributed by atoms with E-state index in [-0.39, 0.29) is 12.1 Å². The second-order valence-corrected chi connectivity index (χ2v) is 6.83. The van der Waals surface area contributed by atoms with Crippen LogP contribution in [-0.2, 0) is 9.53 Å². The molecule has 116 valence electrons. The quantitative estimate of drug-likeness (QED) is 0.490. The molecular formula is C18H32O2. The third-order valence-electron chi connectivity index (χ3n) is 5.28. The molecule has 2 atom stereocenters. The molecule has 0 bridgehead atoms. The molecular weight excluding hydrogens is 248 g/mol. The van der Waals surface area contributed by atoms with Gasteiger partial charge in [-0.25, -0.2) is 0 Å². The summed E-state index contributed by atoms with van der Waals surface area (Å²) in [5.74, 6) is 1.56. The summed E-state index contributed by atoms with van der Waals surface area (Å²) >= 11 is 0. The molecule has 20 heavy (non-hydrogen) atoms. The molecule has 0 aromatic rings. The highest BCUT2D eigenvalue weighted by atomic mass is 16.5. The van der Waals surface area contributed by atoms with Crippen molar-refractivity contribution in [3.8, 4) is 0 Å². The van der Waals surface area contributed by atoms with E-state index in [0.29, 0.717) is 12.3 Å². The molecule has 2 fully saturated rings. The van der Waals surface area contributed by atoms with Crippen molar-refractivity contribution in [2.75, 3.05) is 0 Å². The van der Waals surface area contributed by atoms with Gasteiger partial charge in [-0.3, -0.25) is 4.79 Å². The Morgan fingerprint density at radius 3 is 2.40 bits per heavy atom. The Kier molecular flexibility index (Phi) is 6.89. The summed E-state index contributed by atoms with van der Waals surface area (Å²) < 4.78 is 5.86. The summed E-state index contributed by atoms with van der Waals surface area (Å²) in [6.07, 6.45) is 16.1. The van der Waals surface area contributed by atoms with E-state index in [1.54, 1.807) is 0 Å². The van der Waals surface area contributed by atoms with Crippen LogP contribution >= 0.6 is 0 Å². The third kappa shape index (κ3) is 4.79. The lowest BCUT2D eigenvalue weighted by Gasteiger charge is -2.38. The summed E-state index contributed by atoms with van der Waals surface area (Å²) in [5, 5.41) is 0. The zero-order valence-electron chi connectivity index (χ0n) is 13.2. The van der Waals surface area contributed by atoms with Gasteiger partial charge in [0.25, 0.3) is 0 Å². The number of carbonyl (C=O) groups is 1. The molecule has 0 aromatic heterocycles. The van der Waals surface area contributed by atoms with E-state index < -0.39 is 0 Å². The average Bonchev–Trinajstić information content (AvgIpc) is 2.49. The largest absolute Gasteiger partial charge is 0.462 e. The lowest BCUT2D eigenvalue weighted by molar-refractivity contribution is -0.155. The lowest BCUT2D eigenvalue weighted by Crippen LogP contribution is -2.35. The molecule has 0 aromatic carbocycles. The summed E-state index contributed by atoms with van der Waals surface area (Å²) in [6.45, 7) is 2.17. The topological polar surface area (TPSA) is 26.3 Å². The van der Waals surface area contributed by atoms with Crippen LogP contribution < -0.4 is 0 Å². The number of ether oxygens (including phenoxy) is 1. The van der Waals surface area contributed by atoms with Crippen molar-refractivity contribution in [1.82, 2.24) is 0 Å². The van der Waals surface area contributed by atoms with Crippen molar-refractivity contribution in [3.63, 3.8) is 0 Å². The van der Waals surface area contributed by atoms with Crippen LogP contribution in [0.4, 0.5) is 0 Å². The maximum Gasteiger partial charge on any atom is 0.306 e. The van der Waals surface area contributed by atoms with Gasteiger partial charge in [0.15, 0.2) is 0 Å². The molecule has 2 aliphatic carbocycles. The summed E-state index contributed by atoms with van der Waals surface area (Å²) in [7, 11) is 0. The Morgan fingerprint density at radius 1 is 0.950 bits per heavy atom. The van der Waals surface area contributed by atoms with Gasteiger partial charge in [0, 0.05) is 6.42 Å². The average molecular weight is 280 g/mol. The number of carbonyl (C=O) groups excluding carboxylic acids is 1. The third-order valence-corrected chi connectivity index (χ3v) is 5.28. The first-order chi connectivity index (χ1) is 9.81. The zero-order valence-corrected chi connectivity index (χ0v) is 13.2. The fourth-order valence-electron chi connectivity index (χ4n) is 4.12. The normalized spacial score (nSPS) is 28.2. The predicted octanol–water partition coefficient (Wildman–Crippen LogP) is 5.25. The number of hydrogen-bond donors (Lipinski definition) is 0. The monoisotopic (exact) mass is 280 g/mol. The predicted molar refractivity (Wildman–Crippen MR) is 82.6 cm³/mol. The van der Waals surface area contributed by atoms with Crippen LogP contribution in [0.3, 0.4) is 0 Å². The SMILES string of the molecule is CCCCCC(=O)OC1CCCCC1C1CCCCC1. The minimum Gasteiger partial charge on any atom is -0.462 e. The molecule has 2 saturated carbocycles. The van der Waals surface area contributed by atoms with E-state index in [9.17, 15) is 4.79 Å². The van der Waals surface area contributed by atoms with Gasteiger partial charge in [-0.2, -0.15) is 0 Å². The maximum atomic E-state index is 12.0. The smallest absolute Gasteiger partial charge is 0.306 e. The minimum atomic E-state index is 0.0613. The highest BCUT2D eigenvalue weighted by Crippen LogP contribution is 2.39. The fraction of sp³-hybridized carbons (Fsp3) is 0.944. The van der Waals surface area contributed by atoms with Gasteiger partial charge in [-0.05, 0) is 37.5 Å². The number of rotatable bonds is 6. The van der Waals surface area contributed by atoms with Crippen LogP contribution in [0.2, 0.25) is 0 Å². The van der Waals surface area contributed by atoms with Gasteiger partial charge in [0.2, 0.25) is 0 Å². The number of esters is 1. The van der Waals surface area contributed by atoms with Crippen LogP contribution in [0.25, 0.3) is 0 Å². The van der Waals surface area contributed by atoms with E-state index in [4.69, 9.17) is 4.74 Å². The van der Waals surface area contributed by atoms with Crippen molar-refractivity contribution in [2.45, 2.75) is 96.5 Å². The van der Waals surface area contributed by atoms with Crippen molar-refractivity contribution in [2.24, 2.45) is 11.8 Å². The fourth-order valence-corrected chi connectivity index (χ4v) is 4.12. The van der Waals surface area contributed by atoms with Crippen LogP contribution in [0.1, 0.15) is 90.4 Å². The van der Waals surface area contributed by atoms with Crippen molar-refractivity contribution < 1.29 is 9.53 Å². The van der Waals surface area contributed by atoms with Crippen molar-refractivity contribution >= 4 is 5.97 Å². The summed E-state index contributed by atoms with van der Waals surface area (Å²) in [5.41, 5.74) is 0. The van der Waals surface area contributed by atoms with E-state index in [1.165, 1.54) is 57.8 Å². The highest BCUT2D eigenvalue weighted by molar-refractivity contribution is 5.69. The number of unbranched alkanes of at least 4 members (excludes halogenated alkanes) is 2. The molecule has 2 aliphatic rings. The van der Waals surface area contributed by atoms with Crippen LogP contribution in [0, 0.1) is 11.8 Å². The summed E-state index contributed by atoms with van der Waals surface area (Å²) in [6, 6.07) is 0. The Hall–Kier alpha value is -0.530. The molecule has 0 saturated heterocycles. The van der Waals surface area contributed by atoms with E-state index in [0.717, 1.165) is 25.2 Å². The lowest BCUT2D eigenvalue weighted by atomic mass is 9.72. The zero-order chi connectivity index (χ0) is 14.2. The number of hydrogen-bond acceptors (Lipinski definition) is 2. The Morgan fingerprint density at radius 2 is 1.65 bits per heavy atom. The Balaban J connectivity index is 1.81. The van der Waals surface area contributed by atoms with E-state index in [2.05, 4.69) is 6.92 Å². The molecule has 2 nitrogen and oxygen atoms in total. The first-order valence-corrected chi connectivity index (χ1v) is 9.00. The van der Waals surface area contributed by atoms with Gasteiger partial charge in [-0.15, -0.1) is 0 Å². The van der Waals surface area contributed by atoms with Gasteiger partial charge in [0.05, 0.1) is 0 Å². The first-order valence-electron chi connectivity index (χ1n) is 9.00. The van der Waals surface area contributed by atoms with Gasteiger partial charge >= 0.3 is 5.97 Å². The second-order valence-electron chi connectivity index (χ2n) is 6.83. The van der Waals surface area contributed by atoms with Gasteiger partial charge in [0.1, 0.15) is 6.10 Å². The molecule has 0 aliphatic heterocycles. The molecule has 0 heterocycles. The van der Waals surface area contributed by atoms with Gasteiger partial charge < -0.3 is 4.74 Å². The molecule has 2 unspecified atom stereocenters. The highest BCUT2D eigenvalue weighted by Gasteiger charge is 2.34. The molecule has 2 heteroatoms. The van der Waals surface area contributed by atoms with Gasteiger partial charge in [-0.1, -0.05) is 58.3 Å². The van der Waals surface area contributed by atoms with E-state index in [1.807, 2.05) is 0 Å². The Bertz CT molecular complexity index is 281. The molecule has 0 radical (unpaired) electrons. The van der Waals surface area contributed by atoms with Crippen molar-refractivity contribution in [3.05, 3.63) is 0 Å². The molecule has 0 N–H and O–H groups in total. The van der Waals surface area contributed by atoms with Crippen LogP contribution in [0.5, 0.6) is 0 Å². The minimum absolute atomic E-state index is 0.0613. The summed E-state index contributed by atoms with van der Waals surface area (Å²) in [4.78, 5) is 12.0. The van der Waals surface area contributed by atoms with E-state index >= 15 is 0 Å². The Labute approximate surface area is 124 Å². The standard InChI is InChI=1S/C18H32O2/c1-2-3-5-14-18(19)20-17-13-9-8-12-16(17)15-10-6-4-7-11-15/h15-17H,2-14H2,1H3. The van der Waals surface area contributed by atoms with Crippen LogP contribution in [-0.4, -0.2) is 12.1 Å². The van der Waals surface area contributed by atoms with Crippen molar-refractivity contribution in [1.29, 1.82) is 0 Å².